The van der Waals surface area contributed by atoms with E-state index in [0.717, 1.165) is 57.9 Å². The summed E-state index contributed by atoms with van der Waals surface area (Å²) < 4.78 is 1.10. The Balaban J connectivity index is 1.34. The number of piperazine rings is 1. The summed E-state index contributed by atoms with van der Waals surface area (Å²) in [7, 11) is 0. The normalized spacial score (nSPS) is 14.6. The van der Waals surface area contributed by atoms with Gasteiger partial charge < -0.3 is 9.80 Å². The molecule has 0 N–H and O–H groups in total. The number of hydrogen-bond donors (Lipinski definition) is 0. The van der Waals surface area contributed by atoms with Crippen LogP contribution in [0.4, 0.5) is 5.13 Å². The monoisotopic (exact) mass is 431 g/mol. The number of benzene rings is 2. The first-order chi connectivity index (χ1) is 13.6. The van der Waals surface area contributed by atoms with E-state index in [1.54, 1.807) is 11.3 Å². The highest BCUT2D eigenvalue weighted by Gasteiger charge is 2.23. The minimum atomic E-state index is 0.201. The Hall–Kier alpha value is -1.76. The predicted molar refractivity (Wildman–Crippen MR) is 120 cm³/mol. The van der Waals surface area contributed by atoms with Crippen LogP contribution in [-0.2, 0) is 11.2 Å². The molecule has 1 aliphatic heterocycles. The minimum Gasteiger partial charge on any atom is -0.345 e. The molecule has 3 aromatic rings. The number of thioether (sulfide) groups is 1. The molecule has 0 bridgehead atoms. The highest BCUT2D eigenvalue weighted by molar-refractivity contribution is 7.99. The molecule has 1 fully saturated rings. The predicted octanol–water partition coefficient (Wildman–Crippen LogP) is 4.95. The lowest BCUT2D eigenvalue weighted by Crippen LogP contribution is -2.49. The first-order valence-corrected chi connectivity index (χ1v) is 11.6. The van der Waals surface area contributed by atoms with E-state index in [1.807, 2.05) is 34.9 Å². The van der Waals surface area contributed by atoms with Crippen LogP contribution in [0.25, 0.3) is 10.2 Å². The summed E-state index contributed by atoms with van der Waals surface area (Å²) in [5.41, 5.74) is 2.06. The Labute approximate surface area is 178 Å². The lowest BCUT2D eigenvalue weighted by atomic mass is 10.1. The number of anilines is 1. The van der Waals surface area contributed by atoms with Crippen LogP contribution in [0, 0.1) is 0 Å². The quantitative estimate of drug-likeness (QED) is 0.535. The second-order valence-electron chi connectivity index (χ2n) is 6.73. The maximum Gasteiger partial charge on any atom is 0.227 e. The van der Waals surface area contributed by atoms with Crippen molar-refractivity contribution in [3.63, 3.8) is 0 Å². The topological polar surface area (TPSA) is 36.4 Å². The van der Waals surface area contributed by atoms with Gasteiger partial charge in [-0.2, -0.15) is 0 Å². The van der Waals surface area contributed by atoms with Gasteiger partial charge in [-0.3, -0.25) is 4.79 Å². The van der Waals surface area contributed by atoms with Crippen molar-refractivity contribution in [1.82, 2.24) is 9.88 Å². The number of hydrogen-bond acceptors (Lipinski definition) is 5. The van der Waals surface area contributed by atoms with Gasteiger partial charge in [0.25, 0.3) is 0 Å². The number of carbonyl (C=O) groups is 1. The van der Waals surface area contributed by atoms with Gasteiger partial charge >= 0.3 is 0 Å². The molecule has 146 valence electrons. The van der Waals surface area contributed by atoms with Gasteiger partial charge in [0.2, 0.25) is 5.91 Å². The second-order valence-corrected chi connectivity index (χ2v) is 9.51. The number of carbonyl (C=O) groups excluding carboxylic acids is 1. The van der Waals surface area contributed by atoms with Gasteiger partial charge in [0.05, 0.1) is 16.6 Å². The first-order valence-electron chi connectivity index (χ1n) is 9.43. The Morgan fingerprint density at radius 1 is 1.14 bits per heavy atom. The Bertz CT molecular complexity index is 965. The first kappa shape index (κ1) is 19.6. The zero-order chi connectivity index (χ0) is 19.5. The molecule has 4 rings (SSSR count). The highest BCUT2D eigenvalue weighted by atomic mass is 35.5. The van der Waals surface area contributed by atoms with Gasteiger partial charge in [-0.15, -0.1) is 11.8 Å². The summed E-state index contributed by atoms with van der Waals surface area (Å²) in [5.74, 6) is 1.26. The van der Waals surface area contributed by atoms with E-state index >= 15 is 0 Å². The number of thiazole rings is 1. The third-order valence-electron chi connectivity index (χ3n) is 4.83. The number of amides is 1. The molecular formula is C21H22ClN3OS2. The molecule has 1 aromatic heterocycles. The number of rotatable bonds is 5. The summed E-state index contributed by atoms with van der Waals surface area (Å²) in [4.78, 5) is 22.9. The fraction of sp³-hybridized carbons (Fsp3) is 0.333. The third-order valence-corrected chi connectivity index (χ3v) is 7.04. The zero-order valence-corrected chi connectivity index (χ0v) is 18.1. The van der Waals surface area contributed by atoms with Crippen LogP contribution in [0.3, 0.4) is 0 Å². The van der Waals surface area contributed by atoms with E-state index < -0.39 is 0 Å². The molecule has 0 spiro atoms. The number of nitrogens with zero attached hydrogens (tertiary/aromatic N) is 3. The molecule has 2 aromatic carbocycles. The summed E-state index contributed by atoms with van der Waals surface area (Å²) in [6.07, 6.45) is 0.469. The number of halogens is 1. The Kier molecular flexibility index (Phi) is 6.09. The molecule has 1 saturated heterocycles. The summed E-state index contributed by atoms with van der Waals surface area (Å²) in [6, 6.07) is 14.1. The van der Waals surface area contributed by atoms with Crippen molar-refractivity contribution in [3.05, 3.63) is 53.1 Å². The van der Waals surface area contributed by atoms with Gasteiger partial charge in [0.15, 0.2) is 5.13 Å². The van der Waals surface area contributed by atoms with Gasteiger partial charge in [-0.1, -0.05) is 42.0 Å². The smallest absolute Gasteiger partial charge is 0.227 e. The maximum absolute atomic E-state index is 12.7. The highest BCUT2D eigenvalue weighted by Crippen LogP contribution is 2.31. The molecule has 0 aliphatic carbocycles. The van der Waals surface area contributed by atoms with E-state index in [4.69, 9.17) is 16.6 Å². The maximum atomic E-state index is 12.7. The van der Waals surface area contributed by atoms with E-state index in [1.165, 1.54) is 4.90 Å². The van der Waals surface area contributed by atoms with Crippen molar-refractivity contribution in [2.45, 2.75) is 18.2 Å². The number of fused-ring (bicyclic) bond motifs is 1. The largest absolute Gasteiger partial charge is 0.345 e. The molecule has 0 unspecified atom stereocenters. The molecule has 4 nitrogen and oxygen atoms in total. The van der Waals surface area contributed by atoms with Crippen LogP contribution >= 0.6 is 34.7 Å². The van der Waals surface area contributed by atoms with Crippen molar-refractivity contribution in [1.29, 1.82) is 0 Å². The fourth-order valence-electron chi connectivity index (χ4n) is 3.33. The van der Waals surface area contributed by atoms with E-state index in [-0.39, 0.29) is 5.91 Å². The lowest BCUT2D eigenvalue weighted by molar-refractivity contribution is -0.130. The van der Waals surface area contributed by atoms with Crippen molar-refractivity contribution in [2.24, 2.45) is 0 Å². The Morgan fingerprint density at radius 3 is 2.61 bits per heavy atom. The SMILES string of the molecule is CCSc1ccc(CC(=O)N2CCN(c3nc4ccc(Cl)cc4s3)CC2)cc1. The van der Waals surface area contributed by atoms with Gasteiger partial charge in [0, 0.05) is 36.1 Å². The summed E-state index contributed by atoms with van der Waals surface area (Å²) >= 11 is 9.56. The van der Waals surface area contributed by atoms with Crippen LogP contribution in [0.1, 0.15) is 12.5 Å². The van der Waals surface area contributed by atoms with E-state index in [2.05, 4.69) is 36.1 Å². The molecule has 0 atom stereocenters. The third kappa shape index (κ3) is 4.45. The van der Waals surface area contributed by atoms with Crippen LogP contribution in [-0.4, -0.2) is 47.7 Å². The van der Waals surface area contributed by atoms with E-state index in [0.29, 0.717) is 6.42 Å². The van der Waals surface area contributed by atoms with Gasteiger partial charge in [0.1, 0.15) is 0 Å². The molecule has 0 radical (unpaired) electrons. The average molecular weight is 432 g/mol. The van der Waals surface area contributed by atoms with Crippen LogP contribution in [0.5, 0.6) is 0 Å². The standard InChI is InChI=1S/C21H22ClN3OS2/c1-2-27-17-6-3-15(4-7-17)13-20(26)24-9-11-25(12-10-24)21-23-18-8-5-16(22)14-19(18)28-21/h3-8,14H,2,9-13H2,1H3. The Morgan fingerprint density at radius 2 is 1.89 bits per heavy atom. The van der Waals surface area contributed by atoms with Crippen molar-refractivity contribution in [3.8, 4) is 0 Å². The average Bonchev–Trinajstić information content (AvgIpc) is 3.13. The van der Waals surface area contributed by atoms with Crippen molar-refractivity contribution in [2.75, 3.05) is 36.8 Å². The van der Waals surface area contributed by atoms with Gasteiger partial charge in [-0.05, 0) is 41.6 Å². The van der Waals surface area contributed by atoms with Crippen molar-refractivity contribution >= 4 is 56.0 Å². The van der Waals surface area contributed by atoms with E-state index in [9.17, 15) is 4.79 Å². The molecule has 1 amide bonds. The molecule has 0 saturated carbocycles. The van der Waals surface area contributed by atoms with Gasteiger partial charge in [-0.25, -0.2) is 4.98 Å². The lowest BCUT2D eigenvalue weighted by Gasteiger charge is -2.34. The molecule has 28 heavy (non-hydrogen) atoms. The molecular weight excluding hydrogens is 410 g/mol. The van der Waals surface area contributed by atoms with Crippen LogP contribution in [0.2, 0.25) is 5.02 Å². The van der Waals surface area contributed by atoms with Crippen LogP contribution in [0.15, 0.2) is 47.4 Å². The fourth-order valence-corrected chi connectivity index (χ4v) is 5.28. The summed E-state index contributed by atoms with van der Waals surface area (Å²) in [6.45, 7) is 5.24. The summed E-state index contributed by atoms with van der Waals surface area (Å²) in [5, 5.41) is 1.74. The molecule has 1 aliphatic rings. The van der Waals surface area contributed by atoms with Crippen LogP contribution < -0.4 is 4.90 Å². The second kappa shape index (κ2) is 8.72. The zero-order valence-electron chi connectivity index (χ0n) is 15.7. The molecule has 7 heteroatoms. The minimum absolute atomic E-state index is 0.201. The molecule has 2 heterocycles. The van der Waals surface area contributed by atoms with Crippen molar-refractivity contribution < 1.29 is 4.79 Å². The number of aromatic nitrogens is 1.